The topological polar surface area (TPSA) is 114 Å². The van der Waals surface area contributed by atoms with Gasteiger partial charge in [-0.2, -0.15) is 0 Å². The molecule has 6 rings (SSSR count). The summed E-state index contributed by atoms with van der Waals surface area (Å²) in [5, 5.41) is 5.87. The van der Waals surface area contributed by atoms with Gasteiger partial charge >= 0.3 is 5.97 Å². The number of benzene rings is 2. The second-order valence-corrected chi connectivity index (χ2v) is 14.7. The van der Waals surface area contributed by atoms with Crippen LogP contribution in [0, 0.1) is 18.7 Å². The standard InChI is InChI=1S/C39H47FN4O5/c1-24-9-5-6-11-27(24)19-25-10-8-17-44(18-16-25)34-22-31(40)30(21-32(34)42-36(46)33-23-48-37(43-33)26-14-15-26)35(45)41-29-13-7-12-28(20-29)38(47)49-39(2,3)4/h5-6,9-11,21-23,26,28-29H,7-8,12-20H2,1-4H3,(H,41,45)(H,42,46)/t28-,29-/m0/s1. The van der Waals surface area contributed by atoms with Gasteiger partial charge in [0.25, 0.3) is 11.8 Å². The quantitative estimate of drug-likeness (QED) is 0.178. The van der Waals surface area contributed by atoms with Crippen molar-refractivity contribution in [3.63, 3.8) is 0 Å². The van der Waals surface area contributed by atoms with Crippen molar-refractivity contribution >= 4 is 29.2 Å². The number of amides is 2. The van der Waals surface area contributed by atoms with E-state index in [0.29, 0.717) is 49.6 Å². The molecule has 2 amide bonds. The van der Waals surface area contributed by atoms with Crippen molar-refractivity contribution in [2.24, 2.45) is 5.92 Å². The van der Waals surface area contributed by atoms with Crippen LogP contribution in [0.4, 0.5) is 15.8 Å². The van der Waals surface area contributed by atoms with Gasteiger partial charge in [0.05, 0.1) is 22.9 Å². The van der Waals surface area contributed by atoms with Gasteiger partial charge in [-0.05, 0) is 96.3 Å². The fourth-order valence-electron chi connectivity index (χ4n) is 6.75. The number of aromatic nitrogens is 1. The lowest BCUT2D eigenvalue weighted by Crippen LogP contribution is -2.41. The van der Waals surface area contributed by atoms with E-state index in [4.69, 9.17) is 9.15 Å². The molecule has 2 fully saturated rings. The molecule has 2 atom stereocenters. The highest BCUT2D eigenvalue weighted by Crippen LogP contribution is 2.39. The maximum Gasteiger partial charge on any atom is 0.309 e. The minimum absolute atomic E-state index is 0.136. The van der Waals surface area contributed by atoms with Crippen molar-refractivity contribution in [2.75, 3.05) is 23.3 Å². The monoisotopic (exact) mass is 670 g/mol. The first-order valence-corrected chi connectivity index (χ1v) is 17.5. The Morgan fingerprint density at radius 2 is 1.86 bits per heavy atom. The van der Waals surface area contributed by atoms with Crippen LogP contribution in [0.3, 0.4) is 0 Å². The third kappa shape index (κ3) is 8.77. The predicted molar refractivity (Wildman–Crippen MR) is 186 cm³/mol. The fourth-order valence-corrected chi connectivity index (χ4v) is 6.75. The molecule has 260 valence electrons. The minimum atomic E-state index is -0.681. The van der Waals surface area contributed by atoms with E-state index in [1.165, 1.54) is 35.1 Å². The number of hydrogen-bond donors (Lipinski definition) is 2. The molecule has 2 N–H and O–H groups in total. The summed E-state index contributed by atoms with van der Waals surface area (Å²) in [7, 11) is 0. The van der Waals surface area contributed by atoms with Gasteiger partial charge in [-0.3, -0.25) is 14.4 Å². The molecule has 2 aromatic carbocycles. The molecule has 0 unspecified atom stereocenters. The number of carbonyl (C=O) groups excluding carboxylic acids is 3. The van der Waals surface area contributed by atoms with Crippen LogP contribution < -0.4 is 15.5 Å². The average molecular weight is 671 g/mol. The molecule has 2 heterocycles. The Balaban J connectivity index is 1.21. The first-order valence-electron chi connectivity index (χ1n) is 17.5. The van der Waals surface area contributed by atoms with Gasteiger partial charge in [0.1, 0.15) is 17.7 Å². The summed E-state index contributed by atoms with van der Waals surface area (Å²) in [4.78, 5) is 46.2. The van der Waals surface area contributed by atoms with Crippen LogP contribution in [0.1, 0.15) is 116 Å². The molecule has 49 heavy (non-hydrogen) atoms. The van der Waals surface area contributed by atoms with Gasteiger partial charge in [0.2, 0.25) is 0 Å². The Bertz CT molecular complexity index is 1740. The third-order valence-corrected chi connectivity index (χ3v) is 9.56. The fraction of sp³-hybridized carbons (Fsp3) is 0.487. The molecular formula is C39H47FN4O5. The van der Waals surface area contributed by atoms with E-state index in [-0.39, 0.29) is 35.1 Å². The molecule has 3 aromatic rings. The summed E-state index contributed by atoms with van der Waals surface area (Å²) >= 11 is 0. The lowest BCUT2D eigenvalue weighted by molar-refractivity contribution is -0.161. The highest BCUT2D eigenvalue weighted by Gasteiger charge is 2.33. The molecule has 2 aliphatic carbocycles. The van der Waals surface area contributed by atoms with Gasteiger partial charge in [-0.25, -0.2) is 9.37 Å². The second kappa shape index (κ2) is 14.6. The Hall–Kier alpha value is -4.47. The van der Waals surface area contributed by atoms with Crippen molar-refractivity contribution in [1.29, 1.82) is 0 Å². The van der Waals surface area contributed by atoms with Crippen LogP contribution in [-0.4, -0.2) is 47.5 Å². The zero-order chi connectivity index (χ0) is 34.7. The number of anilines is 2. The van der Waals surface area contributed by atoms with Crippen molar-refractivity contribution in [3.05, 3.63) is 88.4 Å². The van der Waals surface area contributed by atoms with Gasteiger partial charge in [-0.1, -0.05) is 42.3 Å². The van der Waals surface area contributed by atoms with Crippen molar-refractivity contribution in [3.8, 4) is 0 Å². The van der Waals surface area contributed by atoms with Crippen molar-refractivity contribution < 1.29 is 27.9 Å². The molecule has 9 nitrogen and oxygen atoms in total. The third-order valence-electron chi connectivity index (χ3n) is 9.56. The van der Waals surface area contributed by atoms with E-state index in [9.17, 15) is 14.4 Å². The molecule has 0 spiro atoms. The molecule has 0 saturated heterocycles. The van der Waals surface area contributed by atoms with Gasteiger partial charge < -0.3 is 24.7 Å². The van der Waals surface area contributed by atoms with E-state index in [1.54, 1.807) is 0 Å². The number of carbonyl (C=O) groups is 3. The van der Waals surface area contributed by atoms with Crippen molar-refractivity contribution in [1.82, 2.24) is 10.3 Å². The number of halogens is 1. The minimum Gasteiger partial charge on any atom is -0.460 e. The number of nitrogens with zero attached hydrogens (tertiary/aromatic N) is 2. The number of ether oxygens (including phenoxy) is 1. The van der Waals surface area contributed by atoms with E-state index in [2.05, 4.69) is 51.7 Å². The molecule has 0 bridgehead atoms. The summed E-state index contributed by atoms with van der Waals surface area (Å²) in [6, 6.07) is 10.8. The highest BCUT2D eigenvalue weighted by molar-refractivity contribution is 6.06. The molecule has 2 saturated carbocycles. The maximum atomic E-state index is 15.9. The van der Waals surface area contributed by atoms with E-state index < -0.39 is 23.2 Å². The number of nitrogens with one attached hydrogen (secondary N) is 2. The van der Waals surface area contributed by atoms with Crippen LogP contribution in [0.25, 0.3) is 0 Å². The maximum absolute atomic E-state index is 15.9. The molecule has 3 aliphatic rings. The van der Waals surface area contributed by atoms with Gasteiger partial charge in [-0.15, -0.1) is 0 Å². The normalized spacial score (nSPS) is 19.9. The van der Waals surface area contributed by atoms with Crippen LogP contribution >= 0.6 is 0 Å². The van der Waals surface area contributed by atoms with Gasteiger partial charge in [0.15, 0.2) is 11.6 Å². The van der Waals surface area contributed by atoms with Crippen molar-refractivity contribution in [2.45, 2.75) is 103 Å². The van der Waals surface area contributed by atoms with Crippen LogP contribution in [0.5, 0.6) is 0 Å². The summed E-state index contributed by atoms with van der Waals surface area (Å²) in [6.45, 7) is 8.85. The molecule has 1 aliphatic heterocycles. The predicted octanol–water partition coefficient (Wildman–Crippen LogP) is 7.65. The van der Waals surface area contributed by atoms with Crippen LogP contribution in [-0.2, 0) is 16.0 Å². The smallest absolute Gasteiger partial charge is 0.309 e. The Kier molecular flexibility index (Phi) is 10.2. The van der Waals surface area contributed by atoms with Crippen LogP contribution in [0.15, 0.2) is 58.7 Å². The average Bonchev–Trinajstić information content (AvgIpc) is 3.83. The lowest BCUT2D eigenvalue weighted by Gasteiger charge is -2.31. The number of hydrogen-bond acceptors (Lipinski definition) is 7. The first kappa shape index (κ1) is 34.4. The number of rotatable bonds is 9. The molecule has 0 radical (unpaired) electrons. The molecule has 1 aromatic heterocycles. The largest absolute Gasteiger partial charge is 0.460 e. The Labute approximate surface area is 287 Å². The summed E-state index contributed by atoms with van der Waals surface area (Å²) in [5.74, 6) is -1.59. The Morgan fingerprint density at radius 3 is 2.61 bits per heavy atom. The van der Waals surface area contributed by atoms with E-state index in [0.717, 1.165) is 38.5 Å². The SMILES string of the molecule is Cc1ccccc1CC1=CCCN(c2cc(F)c(C(=O)N[C@H]3CCC[C@H](C(=O)OC(C)(C)C)C3)cc2NC(=O)c2coc(C3CC3)n2)CC1. The zero-order valence-corrected chi connectivity index (χ0v) is 28.9. The molecular weight excluding hydrogens is 623 g/mol. The zero-order valence-electron chi connectivity index (χ0n) is 28.9. The highest BCUT2D eigenvalue weighted by atomic mass is 19.1. The van der Waals surface area contributed by atoms with E-state index >= 15 is 4.39 Å². The first-order chi connectivity index (χ1) is 23.4. The summed E-state index contributed by atoms with van der Waals surface area (Å²) in [5.41, 5.74) is 4.03. The van der Waals surface area contributed by atoms with Gasteiger partial charge in [0, 0.05) is 31.1 Å². The second-order valence-electron chi connectivity index (χ2n) is 14.7. The lowest BCUT2D eigenvalue weighted by atomic mass is 9.85. The number of oxazole rings is 1. The number of esters is 1. The number of aryl methyl sites for hydroxylation is 1. The Morgan fingerprint density at radius 1 is 1.06 bits per heavy atom. The molecule has 10 heteroatoms. The van der Waals surface area contributed by atoms with E-state index in [1.807, 2.05) is 26.8 Å². The van der Waals surface area contributed by atoms with Crippen LogP contribution in [0.2, 0.25) is 0 Å². The summed E-state index contributed by atoms with van der Waals surface area (Å²) < 4.78 is 27.1. The summed E-state index contributed by atoms with van der Waals surface area (Å²) in [6.07, 6.45) is 10.5.